The van der Waals surface area contributed by atoms with Gasteiger partial charge in [0, 0.05) is 6.42 Å². The summed E-state index contributed by atoms with van der Waals surface area (Å²) in [4.78, 5) is 24.7. The molecule has 4 heteroatoms. The molecule has 0 aromatic rings. The van der Waals surface area contributed by atoms with Gasteiger partial charge in [-0.15, -0.1) is 0 Å². The van der Waals surface area contributed by atoms with Crippen LogP contribution in [0.1, 0.15) is 153 Å². The maximum Gasteiger partial charge on any atom is 0.309 e. The zero-order valence-electron chi connectivity index (χ0n) is 27.0. The Morgan fingerprint density at radius 1 is 0.730 bits per heavy atom. The minimum atomic E-state index is -0.188. The van der Waals surface area contributed by atoms with Crippen LogP contribution in [0, 0.1) is 33.5 Å². The largest absolute Gasteiger partial charge is 0.469 e. The number of hydrogen-bond donors (Lipinski definition) is 0. The van der Waals surface area contributed by atoms with Crippen molar-refractivity contribution < 1.29 is 19.1 Å². The van der Waals surface area contributed by atoms with Gasteiger partial charge in [0.15, 0.2) is 0 Å². The highest BCUT2D eigenvalue weighted by Gasteiger charge is 2.49. The number of carbonyl (C=O) groups is 2. The van der Waals surface area contributed by atoms with Crippen LogP contribution in [0.5, 0.6) is 0 Å². The third-order valence-electron chi connectivity index (χ3n) is 8.85. The summed E-state index contributed by atoms with van der Waals surface area (Å²) in [5.41, 5.74) is 0.0718. The number of ether oxygens (including phenoxy) is 2. The van der Waals surface area contributed by atoms with E-state index in [1.807, 2.05) is 0 Å². The lowest BCUT2D eigenvalue weighted by atomic mass is 9.54. The van der Waals surface area contributed by atoms with E-state index in [4.69, 9.17) is 9.47 Å². The molecule has 0 aliphatic carbocycles. The molecule has 0 aliphatic rings. The van der Waals surface area contributed by atoms with Gasteiger partial charge in [-0.2, -0.15) is 0 Å². The topological polar surface area (TPSA) is 52.6 Å². The van der Waals surface area contributed by atoms with Gasteiger partial charge in [-0.05, 0) is 59.7 Å². The van der Waals surface area contributed by atoms with E-state index in [1.54, 1.807) is 0 Å². The molecule has 4 nitrogen and oxygen atoms in total. The van der Waals surface area contributed by atoms with E-state index >= 15 is 0 Å². The molecule has 0 aromatic heterocycles. The monoisotopic (exact) mass is 524 g/mol. The molecule has 0 aromatic carbocycles. The predicted molar refractivity (Wildman–Crippen MR) is 158 cm³/mol. The van der Waals surface area contributed by atoms with Gasteiger partial charge < -0.3 is 9.47 Å². The summed E-state index contributed by atoms with van der Waals surface area (Å²) in [5.74, 6) is 0.357. The van der Waals surface area contributed by atoms with Gasteiger partial charge in [0.2, 0.25) is 0 Å². The molecule has 37 heavy (non-hydrogen) atoms. The van der Waals surface area contributed by atoms with E-state index in [1.165, 1.54) is 39.2 Å². The maximum absolute atomic E-state index is 13.4. The van der Waals surface area contributed by atoms with E-state index < -0.39 is 0 Å². The number of carbonyl (C=O) groups excluding carboxylic acids is 2. The normalized spacial score (nSPS) is 14.8. The first-order chi connectivity index (χ1) is 16.9. The number of unbranched alkanes of at least 4 members (excludes halogenated alkanes) is 6. The summed E-state index contributed by atoms with van der Waals surface area (Å²) >= 11 is 0. The minimum absolute atomic E-state index is 0.0130. The van der Waals surface area contributed by atoms with Crippen molar-refractivity contribution in [1.29, 1.82) is 0 Å². The first-order valence-corrected chi connectivity index (χ1v) is 15.1. The van der Waals surface area contributed by atoms with Crippen molar-refractivity contribution >= 4 is 11.9 Å². The Balaban J connectivity index is 5.28. The van der Waals surface area contributed by atoms with Crippen LogP contribution < -0.4 is 0 Å². The predicted octanol–water partition coefficient (Wildman–Crippen LogP) is 9.78. The lowest BCUT2D eigenvalue weighted by Gasteiger charge is -2.50. The van der Waals surface area contributed by atoms with Crippen molar-refractivity contribution in [3.63, 3.8) is 0 Å². The first kappa shape index (κ1) is 35.9. The van der Waals surface area contributed by atoms with Crippen LogP contribution >= 0.6 is 0 Å². The standard InChI is InChI=1S/C33H64O4/c1-13-14-23-37-29(35)27(25-30(2,3)4)33(10,11)32(8,9)24-26(31(5,6)7)21-19-17-15-16-18-20-22-28(34)36-12/h26-27H,13-25H2,1-12H3. The van der Waals surface area contributed by atoms with Crippen molar-refractivity contribution in [2.75, 3.05) is 13.7 Å². The van der Waals surface area contributed by atoms with Crippen molar-refractivity contribution in [3.05, 3.63) is 0 Å². The molecule has 0 rings (SSSR count). The Bertz CT molecular complexity index is 648. The first-order valence-electron chi connectivity index (χ1n) is 15.1. The second-order valence-electron chi connectivity index (χ2n) is 14.9. The molecule has 0 heterocycles. The molecule has 0 amide bonds. The summed E-state index contributed by atoms with van der Waals surface area (Å²) < 4.78 is 10.5. The molecule has 0 radical (unpaired) electrons. The van der Waals surface area contributed by atoms with Crippen molar-refractivity contribution in [1.82, 2.24) is 0 Å². The van der Waals surface area contributed by atoms with Crippen LogP contribution in [0.3, 0.4) is 0 Å². The molecule has 0 N–H and O–H groups in total. The van der Waals surface area contributed by atoms with E-state index in [0.717, 1.165) is 38.5 Å². The van der Waals surface area contributed by atoms with Crippen LogP contribution in [-0.4, -0.2) is 25.7 Å². The molecule has 0 fully saturated rings. The fourth-order valence-corrected chi connectivity index (χ4v) is 5.32. The Kier molecular flexibility index (Phi) is 15.7. The fraction of sp³-hybridized carbons (Fsp3) is 0.939. The summed E-state index contributed by atoms with van der Waals surface area (Å²) in [5, 5.41) is 0. The maximum atomic E-state index is 13.4. The lowest BCUT2D eigenvalue weighted by Crippen LogP contribution is -2.46. The van der Waals surface area contributed by atoms with E-state index in [0.29, 0.717) is 18.9 Å². The van der Waals surface area contributed by atoms with Gasteiger partial charge in [0.1, 0.15) is 0 Å². The second-order valence-corrected chi connectivity index (χ2v) is 14.9. The van der Waals surface area contributed by atoms with Gasteiger partial charge >= 0.3 is 11.9 Å². The molecule has 2 atom stereocenters. The van der Waals surface area contributed by atoms with Gasteiger partial charge in [-0.25, -0.2) is 0 Å². The van der Waals surface area contributed by atoms with Gasteiger partial charge in [0.25, 0.3) is 0 Å². The van der Waals surface area contributed by atoms with Crippen molar-refractivity contribution in [2.24, 2.45) is 33.5 Å². The highest BCUT2D eigenvalue weighted by atomic mass is 16.5. The van der Waals surface area contributed by atoms with Crippen LogP contribution in [0.25, 0.3) is 0 Å². The Hall–Kier alpha value is -1.06. The average molecular weight is 525 g/mol. The third-order valence-corrected chi connectivity index (χ3v) is 8.85. The molecule has 0 bridgehead atoms. The molecule has 0 saturated carbocycles. The Labute approximate surface area is 231 Å². The van der Waals surface area contributed by atoms with Crippen LogP contribution in [0.2, 0.25) is 0 Å². The zero-order valence-corrected chi connectivity index (χ0v) is 27.0. The molecule has 0 spiro atoms. The molecule has 0 saturated heterocycles. The summed E-state index contributed by atoms with van der Waals surface area (Å²) in [6.45, 7) is 25.8. The molecule has 0 aliphatic heterocycles. The third kappa shape index (κ3) is 14.1. The van der Waals surface area contributed by atoms with Crippen LogP contribution in [-0.2, 0) is 19.1 Å². The smallest absolute Gasteiger partial charge is 0.309 e. The van der Waals surface area contributed by atoms with Crippen LogP contribution in [0.4, 0.5) is 0 Å². The average Bonchev–Trinajstić information content (AvgIpc) is 2.76. The lowest BCUT2D eigenvalue weighted by molar-refractivity contribution is -0.159. The van der Waals surface area contributed by atoms with Gasteiger partial charge in [-0.3, -0.25) is 9.59 Å². The van der Waals surface area contributed by atoms with E-state index in [-0.39, 0.29) is 39.5 Å². The number of rotatable bonds is 18. The molecule has 2 unspecified atom stereocenters. The number of esters is 2. The Morgan fingerprint density at radius 2 is 1.27 bits per heavy atom. The van der Waals surface area contributed by atoms with Crippen molar-refractivity contribution in [2.45, 2.75) is 153 Å². The number of hydrogen-bond acceptors (Lipinski definition) is 4. The summed E-state index contributed by atoms with van der Waals surface area (Å²) in [7, 11) is 1.46. The highest BCUT2D eigenvalue weighted by Crippen LogP contribution is 2.53. The molecular formula is C33H64O4. The van der Waals surface area contributed by atoms with Crippen LogP contribution in [0.15, 0.2) is 0 Å². The van der Waals surface area contributed by atoms with Gasteiger partial charge in [0.05, 0.1) is 19.6 Å². The number of methoxy groups -OCH3 is 1. The fourth-order valence-electron chi connectivity index (χ4n) is 5.32. The summed E-state index contributed by atoms with van der Waals surface area (Å²) in [6.07, 6.45) is 12.6. The molecule has 220 valence electrons. The SMILES string of the molecule is CCCCOC(=O)C(CC(C)(C)C)C(C)(C)C(C)(C)CC(CCCCCCCCC(=O)OC)C(C)(C)C. The quantitative estimate of drug-likeness (QED) is 0.132. The van der Waals surface area contributed by atoms with E-state index in [9.17, 15) is 9.59 Å². The molecular weight excluding hydrogens is 460 g/mol. The Morgan fingerprint density at radius 3 is 1.76 bits per heavy atom. The zero-order chi connectivity index (χ0) is 28.9. The minimum Gasteiger partial charge on any atom is -0.469 e. The summed E-state index contributed by atoms with van der Waals surface area (Å²) in [6, 6.07) is 0. The highest BCUT2D eigenvalue weighted by molar-refractivity contribution is 5.73. The second kappa shape index (κ2) is 16.1. The van der Waals surface area contributed by atoms with Crippen molar-refractivity contribution in [3.8, 4) is 0 Å². The van der Waals surface area contributed by atoms with Gasteiger partial charge in [-0.1, -0.05) is 115 Å². The van der Waals surface area contributed by atoms with E-state index in [2.05, 4.69) is 76.2 Å².